The Morgan fingerprint density at radius 3 is 2.63 bits per heavy atom. The fourth-order valence-electron chi connectivity index (χ4n) is 1.06. The predicted molar refractivity (Wildman–Crippen MR) is 75.1 cm³/mol. The first-order valence-corrected chi connectivity index (χ1v) is 7.34. The van der Waals surface area contributed by atoms with Gasteiger partial charge in [-0.1, -0.05) is 12.0 Å². The van der Waals surface area contributed by atoms with Crippen LogP contribution in [0.1, 0.15) is 32.9 Å². The molecule has 0 radical (unpaired) electrons. The van der Waals surface area contributed by atoms with Gasteiger partial charge < -0.3 is 5.11 Å². The molecular weight excluding hydrogens is 264 g/mol. The van der Waals surface area contributed by atoms with Crippen molar-refractivity contribution in [3.63, 3.8) is 0 Å². The monoisotopic (exact) mass is 282 g/mol. The smallest absolute Gasteiger partial charge is 0.238 e. The molecule has 0 bridgehead atoms. The maximum Gasteiger partial charge on any atom is 0.238 e. The molecule has 0 saturated carbocycles. The first-order chi connectivity index (χ1) is 8.76. The summed E-state index contributed by atoms with van der Waals surface area (Å²) in [5.74, 6) is 5.73. The van der Waals surface area contributed by atoms with E-state index in [0.717, 1.165) is 0 Å². The quantitative estimate of drug-likeness (QED) is 0.820. The molecule has 6 heteroatoms. The molecule has 0 fully saturated rings. The van der Waals surface area contributed by atoms with Gasteiger partial charge in [-0.15, -0.1) is 0 Å². The van der Waals surface area contributed by atoms with Crippen LogP contribution in [0.25, 0.3) is 0 Å². The summed E-state index contributed by atoms with van der Waals surface area (Å²) in [6.07, 6.45) is 0.361. The van der Waals surface area contributed by atoms with E-state index in [4.69, 9.17) is 5.11 Å². The van der Waals surface area contributed by atoms with Crippen LogP contribution in [0.5, 0.6) is 0 Å². The Morgan fingerprint density at radius 2 is 2.05 bits per heavy atom. The van der Waals surface area contributed by atoms with Gasteiger partial charge in [0.15, 0.2) is 0 Å². The second-order valence-electron chi connectivity index (χ2n) is 4.90. The maximum absolute atomic E-state index is 12.0. The number of hydrogen-bond donors (Lipinski definition) is 2. The van der Waals surface area contributed by atoms with Crippen molar-refractivity contribution in [1.82, 2.24) is 4.98 Å². The van der Waals surface area contributed by atoms with E-state index in [1.54, 1.807) is 39.0 Å². The van der Waals surface area contributed by atoms with Gasteiger partial charge in [0, 0.05) is 6.42 Å². The molecule has 0 aliphatic rings. The van der Waals surface area contributed by atoms with Crippen LogP contribution in [-0.2, 0) is 10.0 Å². The van der Waals surface area contributed by atoms with Crippen LogP contribution in [0.2, 0.25) is 0 Å². The second-order valence-corrected chi connectivity index (χ2v) is 7.34. The van der Waals surface area contributed by atoms with E-state index in [0.29, 0.717) is 12.1 Å². The van der Waals surface area contributed by atoms with Gasteiger partial charge in [-0.3, -0.25) is 4.72 Å². The fourth-order valence-corrected chi connectivity index (χ4v) is 1.76. The third kappa shape index (κ3) is 4.54. The van der Waals surface area contributed by atoms with Crippen molar-refractivity contribution in [1.29, 1.82) is 0 Å². The predicted octanol–water partition coefficient (Wildman–Crippen LogP) is 1.36. The third-order valence-electron chi connectivity index (χ3n) is 2.25. The van der Waals surface area contributed by atoms with Crippen LogP contribution in [-0.4, -0.2) is 29.9 Å². The highest BCUT2D eigenvalue weighted by molar-refractivity contribution is 7.94. The zero-order valence-electron chi connectivity index (χ0n) is 11.3. The summed E-state index contributed by atoms with van der Waals surface area (Å²) < 4.78 is 25.5. The molecule has 0 amide bonds. The molecule has 0 saturated heterocycles. The van der Waals surface area contributed by atoms with Gasteiger partial charge in [-0.25, -0.2) is 13.4 Å². The normalized spacial score (nSPS) is 11.6. The topological polar surface area (TPSA) is 79.3 Å². The van der Waals surface area contributed by atoms with Crippen molar-refractivity contribution < 1.29 is 13.5 Å². The SMILES string of the molecule is CC(C)(C)S(=O)(=O)Nc1cccc(C#CCCO)n1. The summed E-state index contributed by atoms with van der Waals surface area (Å²) in [5.41, 5.74) is 0.461. The highest BCUT2D eigenvalue weighted by Gasteiger charge is 2.29. The molecule has 0 aliphatic heterocycles. The van der Waals surface area contributed by atoms with Gasteiger partial charge in [-0.2, -0.15) is 0 Å². The summed E-state index contributed by atoms with van der Waals surface area (Å²) in [7, 11) is -3.49. The van der Waals surface area contributed by atoms with Gasteiger partial charge >= 0.3 is 0 Å². The van der Waals surface area contributed by atoms with Gasteiger partial charge in [0.1, 0.15) is 11.5 Å². The molecule has 0 aromatic carbocycles. The number of sulfonamides is 1. The Bertz CT molecular complexity index is 592. The van der Waals surface area contributed by atoms with Crippen molar-refractivity contribution in [3.8, 4) is 11.8 Å². The average molecular weight is 282 g/mol. The zero-order chi connectivity index (χ0) is 14.5. The van der Waals surface area contributed by atoms with E-state index in [-0.39, 0.29) is 12.4 Å². The molecule has 5 nitrogen and oxygen atoms in total. The Hall–Kier alpha value is -1.58. The number of aliphatic hydroxyl groups is 1. The number of nitrogens with zero attached hydrogens (tertiary/aromatic N) is 1. The second kappa shape index (κ2) is 6.04. The summed E-state index contributed by atoms with van der Waals surface area (Å²) in [4.78, 5) is 4.10. The number of hydrogen-bond acceptors (Lipinski definition) is 4. The van der Waals surface area contributed by atoms with Gasteiger partial charge in [0.25, 0.3) is 0 Å². The molecule has 0 aliphatic carbocycles. The lowest BCUT2D eigenvalue weighted by Crippen LogP contribution is -2.34. The lowest BCUT2D eigenvalue weighted by atomic mass is 10.3. The Kier molecular flexibility index (Phi) is 4.92. The van der Waals surface area contributed by atoms with Crippen molar-refractivity contribution in [2.45, 2.75) is 31.9 Å². The van der Waals surface area contributed by atoms with Crippen LogP contribution in [0, 0.1) is 11.8 Å². The summed E-state index contributed by atoms with van der Waals surface area (Å²) in [5, 5.41) is 8.63. The molecule has 1 rings (SSSR count). The fraction of sp³-hybridized carbons (Fsp3) is 0.462. The lowest BCUT2D eigenvalue weighted by molar-refractivity contribution is 0.305. The maximum atomic E-state index is 12.0. The molecule has 2 N–H and O–H groups in total. The van der Waals surface area contributed by atoms with E-state index in [1.165, 1.54) is 0 Å². The molecule has 0 unspecified atom stereocenters. The van der Waals surface area contributed by atoms with E-state index in [2.05, 4.69) is 21.5 Å². The van der Waals surface area contributed by atoms with Crippen LogP contribution >= 0.6 is 0 Å². The number of rotatable bonds is 3. The van der Waals surface area contributed by atoms with Crippen molar-refractivity contribution >= 4 is 15.8 Å². The first kappa shape index (κ1) is 15.5. The Labute approximate surface area is 114 Å². The van der Waals surface area contributed by atoms with Crippen LogP contribution in [0.15, 0.2) is 18.2 Å². The largest absolute Gasteiger partial charge is 0.395 e. The molecule has 104 valence electrons. The van der Waals surface area contributed by atoms with E-state index in [1.807, 2.05) is 0 Å². The number of anilines is 1. The Morgan fingerprint density at radius 1 is 1.37 bits per heavy atom. The molecule has 1 heterocycles. The minimum absolute atomic E-state index is 0.0106. The van der Waals surface area contributed by atoms with Gasteiger partial charge in [0.05, 0.1) is 11.4 Å². The number of nitrogens with one attached hydrogen (secondary N) is 1. The molecule has 0 atom stereocenters. The summed E-state index contributed by atoms with van der Waals surface area (Å²) >= 11 is 0. The van der Waals surface area contributed by atoms with E-state index in [9.17, 15) is 8.42 Å². The number of aromatic nitrogens is 1. The van der Waals surface area contributed by atoms with E-state index < -0.39 is 14.8 Å². The third-order valence-corrected chi connectivity index (χ3v) is 4.34. The zero-order valence-corrected chi connectivity index (χ0v) is 12.1. The molecule has 19 heavy (non-hydrogen) atoms. The lowest BCUT2D eigenvalue weighted by Gasteiger charge is -2.19. The Balaban J connectivity index is 2.94. The van der Waals surface area contributed by atoms with Crippen molar-refractivity contribution in [3.05, 3.63) is 23.9 Å². The molecular formula is C13H18N2O3S. The van der Waals surface area contributed by atoms with Crippen LogP contribution in [0.4, 0.5) is 5.82 Å². The van der Waals surface area contributed by atoms with Gasteiger partial charge in [-0.05, 0) is 38.8 Å². The highest BCUT2D eigenvalue weighted by Crippen LogP contribution is 2.18. The number of pyridine rings is 1. The van der Waals surface area contributed by atoms with Gasteiger partial charge in [0.2, 0.25) is 10.0 Å². The van der Waals surface area contributed by atoms with E-state index >= 15 is 0 Å². The molecule has 1 aromatic rings. The average Bonchev–Trinajstić information content (AvgIpc) is 2.27. The van der Waals surface area contributed by atoms with Crippen molar-refractivity contribution in [2.75, 3.05) is 11.3 Å². The standard InChI is InChI=1S/C13H18N2O3S/c1-13(2,3)19(17,18)15-12-9-6-8-11(14-12)7-4-5-10-16/h6,8-9,16H,5,10H2,1-3H3,(H,14,15). The molecule has 0 spiro atoms. The number of aliphatic hydroxyl groups excluding tert-OH is 1. The molecule has 1 aromatic heterocycles. The minimum Gasteiger partial charge on any atom is -0.395 e. The minimum atomic E-state index is -3.49. The van der Waals surface area contributed by atoms with Crippen LogP contribution in [0.3, 0.4) is 0 Å². The van der Waals surface area contributed by atoms with Crippen molar-refractivity contribution in [2.24, 2.45) is 0 Å². The summed E-state index contributed by atoms with van der Waals surface area (Å²) in [6, 6.07) is 4.93. The summed E-state index contributed by atoms with van der Waals surface area (Å²) in [6.45, 7) is 4.82. The van der Waals surface area contributed by atoms with Crippen LogP contribution < -0.4 is 4.72 Å². The highest BCUT2D eigenvalue weighted by atomic mass is 32.2. The first-order valence-electron chi connectivity index (χ1n) is 5.85.